The van der Waals surface area contributed by atoms with Gasteiger partial charge in [0, 0.05) is 12.6 Å². The van der Waals surface area contributed by atoms with Gasteiger partial charge in [-0.25, -0.2) is 0 Å². The van der Waals surface area contributed by atoms with E-state index in [9.17, 15) is 4.79 Å². The van der Waals surface area contributed by atoms with Crippen LogP contribution in [0.4, 0.5) is 0 Å². The van der Waals surface area contributed by atoms with Crippen molar-refractivity contribution in [1.29, 1.82) is 0 Å². The van der Waals surface area contributed by atoms with E-state index < -0.39 is 0 Å². The third-order valence-corrected chi connectivity index (χ3v) is 2.13. The highest BCUT2D eigenvalue weighted by atomic mass is 16.1. The van der Waals surface area contributed by atoms with Crippen LogP contribution in [0.3, 0.4) is 0 Å². The van der Waals surface area contributed by atoms with Crippen LogP contribution in [-0.2, 0) is 0 Å². The first kappa shape index (κ1) is 9.78. The molecule has 1 rings (SSSR count). The molecular weight excluding hydrogens is 162 g/mol. The van der Waals surface area contributed by atoms with Crippen molar-refractivity contribution in [2.75, 3.05) is 7.05 Å². The summed E-state index contributed by atoms with van der Waals surface area (Å²) in [6.07, 6.45) is 0. The van der Waals surface area contributed by atoms with Crippen molar-refractivity contribution in [3.05, 3.63) is 34.4 Å². The smallest absolute Gasteiger partial charge is 0.251 e. The first-order chi connectivity index (χ1) is 6.06. The van der Waals surface area contributed by atoms with Gasteiger partial charge in [-0.1, -0.05) is 17.7 Å². The number of carbonyl (C=O) groups excluding carboxylic acids is 1. The van der Waals surface area contributed by atoms with Gasteiger partial charge in [-0.2, -0.15) is 0 Å². The summed E-state index contributed by atoms with van der Waals surface area (Å²) in [5.41, 5.74) is 4.07. The zero-order valence-electron chi connectivity index (χ0n) is 8.56. The molecule has 2 heteroatoms. The minimum Gasteiger partial charge on any atom is -0.355 e. The lowest BCUT2D eigenvalue weighted by Gasteiger charge is -2.09. The Morgan fingerprint density at radius 2 is 1.62 bits per heavy atom. The highest BCUT2D eigenvalue weighted by molar-refractivity contribution is 5.96. The van der Waals surface area contributed by atoms with E-state index in [0.29, 0.717) is 0 Å². The molecule has 0 fully saturated rings. The molecule has 0 saturated heterocycles. The van der Waals surface area contributed by atoms with Gasteiger partial charge in [-0.15, -0.1) is 0 Å². The first-order valence-corrected chi connectivity index (χ1v) is 4.36. The lowest BCUT2D eigenvalue weighted by molar-refractivity contribution is 0.0962. The van der Waals surface area contributed by atoms with Crippen LogP contribution in [0.2, 0.25) is 0 Å². The van der Waals surface area contributed by atoms with Crippen LogP contribution in [0.5, 0.6) is 0 Å². The maximum Gasteiger partial charge on any atom is 0.251 e. The predicted molar refractivity (Wildman–Crippen MR) is 54.0 cm³/mol. The SMILES string of the molecule is CNC(=O)c1c(C)cc(C)cc1C. The Balaban J connectivity index is 3.28. The lowest BCUT2D eigenvalue weighted by atomic mass is 9.99. The van der Waals surface area contributed by atoms with Crippen molar-refractivity contribution in [3.8, 4) is 0 Å². The molecule has 0 atom stereocenters. The van der Waals surface area contributed by atoms with E-state index in [2.05, 4.69) is 5.32 Å². The van der Waals surface area contributed by atoms with Gasteiger partial charge in [0.15, 0.2) is 0 Å². The molecule has 0 aliphatic carbocycles. The summed E-state index contributed by atoms with van der Waals surface area (Å²) in [5, 5.41) is 2.64. The van der Waals surface area contributed by atoms with Crippen LogP contribution in [0, 0.1) is 20.8 Å². The summed E-state index contributed by atoms with van der Waals surface area (Å²) in [7, 11) is 1.65. The number of amides is 1. The molecule has 0 spiro atoms. The Morgan fingerprint density at radius 3 is 2.00 bits per heavy atom. The fourth-order valence-electron chi connectivity index (χ4n) is 1.66. The van der Waals surface area contributed by atoms with Crippen LogP contribution >= 0.6 is 0 Å². The van der Waals surface area contributed by atoms with Gasteiger partial charge in [0.05, 0.1) is 0 Å². The van der Waals surface area contributed by atoms with Gasteiger partial charge < -0.3 is 5.32 Å². The largest absolute Gasteiger partial charge is 0.355 e. The average molecular weight is 177 g/mol. The Morgan fingerprint density at radius 1 is 1.15 bits per heavy atom. The van der Waals surface area contributed by atoms with E-state index in [1.165, 1.54) is 5.56 Å². The monoisotopic (exact) mass is 177 g/mol. The number of hydrogen-bond acceptors (Lipinski definition) is 1. The number of benzene rings is 1. The Hall–Kier alpha value is -1.31. The van der Waals surface area contributed by atoms with Gasteiger partial charge in [-0.05, 0) is 31.9 Å². The number of carbonyl (C=O) groups is 1. The molecule has 0 unspecified atom stereocenters. The van der Waals surface area contributed by atoms with Crippen molar-refractivity contribution < 1.29 is 4.79 Å². The minimum absolute atomic E-state index is 0.00463. The standard InChI is InChI=1S/C11H15NO/c1-7-5-8(2)10(9(3)6-7)11(13)12-4/h5-6H,1-4H3,(H,12,13). The Labute approximate surface area is 79.0 Å². The Kier molecular flexibility index (Phi) is 2.71. The van der Waals surface area contributed by atoms with E-state index in [1.807, 2.05) is 32.9 Å². The van der Waals surface area contributed by atoms with Gasteiger partial charge in [0.25, 0.3) is 5.91 Å². The van der Waals surface area contributed by atoms with Gasteiger partial charge in [0.1, 0.15) is 0 Å². The summed E-state index contributed by atoms with van der Waals surface area (Å²) >= 11 is 0. The van der Waals surface area contributed by atoms with Crippen molar-refractivity contribution in [2.24, 2.45) is 0 Å². The highest BCUT2D eigenvalue weighted by Crippen LogP contribution is 2.15. The quantitative estimate of drug-likeness (QED) is 0.698. The molecule has 0 bridgehead atoms. The number of hydrogen-bond donors (Lipinski definition) is 1. The summed E-state index contributed by atoms with van der Waals surface area (Å²) in [6, 6.07) is 4.05. The van der Waals surface area contributed by atoms with Crippen LogP contribution in [0.25, 0.3) is 0 Å². The lowest BCUT2D eigenvalue weighted by Crippen LogP contribution is -2.20. The number of rotatable bonds is 1. The van der Waals surface area contributed by atoms with E-state index in [4.69, 9.17) is 0 Å². The molecule has 2 nitrogen and oxygen atoms in total. The van der Waals surface area contributed by atoms with E-state index in [1.54, 1.807) is 7.05 Å². The van der Waals surface area contributed by atoms with E-state index in [-0.39, 0.29) is 5.91 Å². The topological polar surface area (TPSA) is 29.1 Å². The molecule has 1 N–H and O–H groups in total. The zero-order chi connectivity index (χ0) is 10.0. The summed E-state index contributed by atoms with van der Waals surface area (Å²) in [5.74, 6) is -0.00463. The first-order valence-electron chi connectivity index (χ1n) is 4.36. The third-order valence-electron chi connectivity index (χ3n) is 2.13. The van der Waals surface area contributed by atoms with Gasteiger partial charge in [0.2, 0.25) is 0 Å². The van der Waals surface area contributed by atoms with Crippen LogP contribution in [0.15, 0.2) is 12.1 Å². The zero-order valence-corrected chi connectivity index (χ0v) is 8.56. The second-order valence-electron chi connectivity index (χ2n) is 3.35. The Bertz CT molecular complexity index is 319. The van der Waals surface area contributed by atoms with E-state index >= 15 is 0 Å². The van der Waals surface area contributed by atoms with E-state index in [0.717, 1.165) is 16.7 Å². The summed E-state index contributed by atoms with van der Waals surface area (Å²) in [4.78, 5) is 11.5. The number of aryl methyl sites for hydroxylation is 3. The van der Waals surface area contributed by atoms with Gasteiger partial charge >= 0.3 is 0 Å². The molecule has 0 saturated carbocycles. The summed E-state index contributed by atoms with van der Waals surface area (Å²) in [6.45, 7) is 5.96. The molecule has 1 aromatic carbocycles. The molecule has 0 radical (unpaired) electrons. The van der Waals surface area contributed by atoms with Crippen molar-refractivity contribution in [2.45, 2.75) is 20.8 Å². The van der Waals surface area contributed by atoms with Crippen LogP contribution in [-0.4, -0.2) is 13.0 Å². The molecule has 0 aliphatic rings. The van der Waals surface area contributed by atoms with Crippen LogP contribution < -0.4 is 5.32 Å². The molecule has 1 aromatic rings. The molecule has 13 heavy (non-hydrogen) atoms. The third kappa shape index (κ3) is 1.89. The molecular formula is C11H15NO. The van der Waals surface area contributed by atoms with Crippen molar-refractivity contribution >= 4 is 5.91 Å². The van der Waals surface area contributed by atoms with Gasteiger partial charge in [-0.3, -0.25) is 4.79 Å². The normalized spacial score (nSPS) is 9.85. The maximum absolute atomic E-state index is 11.5. The second-order valence-corrected chi connectivity index (χ2v) is 3.35. The molecule has 0 aromatic heterocycles. The maximum atomic E-state index is 11.5. The predicted octanol–water partition coefficient (Wildman–Crippen LogP) is 1.97. The molecule has 70 valence electrons. The fraction of sp³-hybridized carbons (Fsp3) is 0.364. The molecule has 1 amide bonds. The average Bonchev–Trinajstić information content (AvgIpc) is 2.02. The molecule has 0 aliphatic heterocycles. The van der Waals surface area contributed by atoms with Crippen molar-refractivity contribution in [1.82, 2.24) is 5.32 Å². The number of nitrogens with one attached hydrogen (secondary N) is 1. The highest BCUT2D eigenvalue weighted by Gasteiger charge is 2.10. The molecule has 0 heterocycles. The summed E-state index contributed by atoms with van der Waals surface area (Å²) < 4.78 is 0. The minimum atomic E-state index is -0.00463. The van der Waals surface area contributed by atoms with Crippen LogP contribution in [0.1, 0.15) is 27.0 Å². The second kappa shape index (κ2) is 3.60. The fourth-order valence-corrected chi connectivity index (χ4v) is 1.66. The van der Waals surface area contributed by atoms with Crippen molar-refractivity contribution in [3.63, 3.8) is 0 Å².